The second kappa shape index (κ2) is 8.35. The molecule has 0 aromatic heterocycles. The Labute approximate surface area is 125 Å². The van der Waals surface area contributed by atoms with Crippen LogP contribution in [0, 0.1) is 17.8 Å². The van der Waals surface area contributed by atoms with E-state index in [4.69, 9.17) is 10.5 Å². The van der Waals surface area contributed by atoms with Crippen LogP contribution in [-0.4, -0.2) is 44.3 Å². The van der Waals surface area contributed by atoms with Gasteiger partial charge in [0.05, 0.1) is 0 Å². The summed E-state index contributed by atoms with van der Waals surface area (Å²) in [6.45, 7) is 6.65. The van der Waals surface area contributed by atoms with E-state index < -0.39 is 0 Å². The molecule has 0 aromatic rings. The number of hydrogen-bond donors (Lipinski definition) is 1. The molecule has 0 aromatic carbocycles. The first-order valence-electron chi connectivity index (χ1n) is 8.71. The lowest BCUT2D eigenvalue weighted by Crippen LogP contribution is -2.50. The molecule has 2 fully saturated rings. The summed E-state index contributed by atoms with van der Waals surface area (Å²) in [5, 5.41) is 0. The van der Waals surface area contributed by atoms with Gasteiger partial charge in [-0.1, -0.05) is 26.2 Å². The molecule has 1 saturated heterocycles. The fourth-order valence-corrected chi connectivity index (χ4v) is 4.37. The zero-order valence-corrected chi connectivity index (χ0v) is 13.5. The van der Waals surface area contributed by atoms with Gasteiger partial charge in [0.1, 0.15) is 0 Å². The maximum absolute atomic E-state index is 6.05. The van der Waals surface area contributed by atoms with Crippen molar-refractivity contribution in [3.05, 3.63) is 0 Å². The van der Waals surface area contributed by atoms with Crippen LogP contribution in [0.5, 0.6) is 0 Å². The average molecular weight is 282 g/mol. The van der Waals surface area contributed by atoms with E-state index in [0.29, 0.717) is 0 Å². The number of rotatable bonds is 6. The van der Waals surface area contributed by atoms with Gasteiger partial charge in [0, 0.05) is 19.8 Å². The second-order valence-corrected chi connectivity index (χ2v) is 6.97. The number of methoxy groups -OCH3 is 1. The lowest BCUT2D eigenvalue weighted by atomic mass is 9.75. The van der Waals surface area contributed by atoms with E-state index in [0.717, 1.165) is 36.9 Å². The molecule has 1 aliphatic carbocycles. The zero-order valence-electron chi connectivity index (χ0n) is 13.5. The van der Waals surface area contributed by atoms with Crippen LogP contribution >= 0.6 is 0 Å². The van der Waals surface area contributed by atoms with E-state index in [1.165, 1.54) is 58.0 Å². The minimum Gasteiger partial charge on any atom is -0.384 e. The van der Waals surface area contributed by atoms with Crippen molar-refractivity contribution in [3.63, 3.8) is 0 Å². The average Bonchev–Trinajstić information content (AvgIpc) is 2.49. The van der Waals surface area contributed by atoms with Crippen LogP contribution in [0.25, 0.3) is 0 Å². The Hall–Kier alpha value is -0.120. The lowest BCUT2D eigenvalue weighted by Gasteiger charge is -2.45. The van der Waals surface area contributed by atoms with Crippen LogP contribution in [0.3, 0.4) is 0 Å². The normalized spacial score (nSPS) is 33.5. The van der Waals surface area contributed by atoms with Crippen molar-refractivity contribution in [1.82, 2.24) is 4.90 Å². The van der Waals surface area contributed by atoms with E-state index >= 15 is 0 Å². The molecule has 0 amide bonds. The summed E-state index contributed by atoms with van der Waals surface area (Å²) in [4.78, 5) is 2.76. The van der Waals surface area contributed by atoms with Gasteiger partial charge in [0.2, 0.25) is 0 Å². The van der Waals surface area contributed by atoms with E-state index in [9.17, 15) is 0 Å². The maximum atomic E-state index is 6.05. The summed E-state index contributed by atoms with van der Waals surface area (Å²) < 4.78 is 5.31. The molecule has 3 unspecified atom stereocenters. The third-order valence-electron chi connectivity index (χ3n) is 5.58. The molecule has 3 heteroatoms. The molecule has 20 heavy (non-hydrogen) atoms. The molecule has 2 N–H and O–H groups in total. The maximum Gasteiger partial charge on any atom is 0.0491 e. The molecular weight excluding hydrogens is 248 g/mol. The van der Waals surface area contributed by atoms with Crippen molar-refractivity contribution in [3.8, 4) is 0 Å². The Morgan fingerprint density at radius 1 is 1.10 bits per heavy atom. The summed E-state index contributed by atoms with van der Waals surface area (Å²) in [7, 11) is 1.83. The predicted octanol–water partition coefficient (Wildman–Crippen LogP) is 2.89. The van der Waals surface area contributed by atoms with E-state index in [1.54, 1.807) is 0 Å². The summed E-state index contributed by atoms with van der Waals surface area (Å²) in [6.07, 6.45) is 9.51. The monoisotopic (exact) mass is 282 g/mol. The molecule has 0 bridgehead atoms. The Bertz CT molecular complexity index is 264. The van der Waals surface area contributed by atoms with Gasteiger partial charge in [0.25, 0.3) is 0 Å². The molecule has 3 atom stereocenters. The zero-order chi connectivity index (χ0) is 14.4. The SMILES string of the molecule is CCCC1CCC(CN)C(N2CCC(COC)CC2)C1. The van der Waals surface area contributed by atoms with Crippen molar-refractivity contribution < 1.29 is 4.74 Å². The topological polar surface area (TPSA) is 38.5 Å². The first kappa shape index (κ1) is 16.3. The van der Waals surface area contributed by atoms with E-state index in [1.807, 2.05) is 7.11 Å². The van der Waals surface area contributed by atoms with E-state index in [-0.39, 0.29) is 0 Å². The number of hydrogen-bond acceptors (Lipinski definition) is 3. The first-order valence-corrected chi connectivity index (χ1v) is 8.71. The van der Waals surface area contributed by atoms with Crippen LogP contribution in [0.4, 0.5) is 0 Å². The molecule has 1 aliphatic heterocycles. The molecule has 0 spiro atoms. The summed E-state index contributed by atoms with van der Waals surface area (Å²) in [5.74, 6) is 2.47. The Kier molecular flexibility index (Phi) is 6.79. The summed E-state index contributed by atoms with van der Waals surface area (Å²) in [6, 6.07) is 0.758. The highest BCUT2D eigenvalue weighted by atomic mass is 16.5. The number of nitrogens with two attached hydrogens (primary N) is 1. The van der Waals surface area contributed by atoms with Gasteiger partial charge in [-0.05, 0) is 63.1 Å². The molecular formula is C17H34N2O. The smallest absolute Gasteiger partial charge is 0.0491 e. The molecule has 2 aliphatic rings. The molecule has 1 saturated carbocycles. The van der Waals surface area contributed by atoms with Crippen LogP contribution in [0.2, 0.25) is 0 Å². The minimum absolute atomic E-state index is 0.738. The Morgan fingerprint density at radius 2 is 1.85 bits per heavy atom. The number of nitrogens with zero attached hydrogens (tertiary/aromatic N) is 1. The van der Waals surface area contributed by atoms with Crippen LogP contribution in [-0.2, 0) is 4.74 Å². The highest BCUT2D eigenvalue weighted by Gasteiger charge is 2.34. The highest BCUT2D eigenvalue weighted by molar-refractivity contribution is 4.89. The van der Waals surface area contributed by atoms with Gasteiger partial charge in [-0.25, -0.2) is 0 Å². The van der Waals surface area contributed by atoms with Gasteiger partial charge >= 0.3 is 0 Å². The van der Waals surface area contributed by atoms with Gasteiger partial charge in [-0.3, -0.25) is 0 Å². The van der Waals surface area contributed by atoms with Crippen molar-refractivity contribution in [1.29, 1.82) is 0 Å². The molecule has 0 radical (unpaired) electrons. The second-order valence-electron chi connectivity index (χ2n) is 6.97. The van der Waals surface area contributed by atoms with Crippen molar-refractivity contribution in [2.24, 2.45) is 23.5 Å². The Balaban J connectivity index is 1.87. The lowest BCUT2D eigenvalue weighted by molar-refractivity contribution is 0.0338. The molecule has 118 valence electrons. The Morgan fingerprint density at radius 3 is 2.45 bits per heavy atom. The molecule has 1 heterocycles. The van der Waals surface area contributed by atoms with E-state index in [2.05, 4.69) is 11.8 Å². The van der Waals surface area contributed by atoms with Gasteiger partial charge in [0.15, 0.2) is 0 Å². The standard InChI is InChI=1S/C17H34N2O/c1-3-4-14-5-6-16(12-18)17(11-14)19-9-7-15(8-10-19)13-20-2/h14-17H,3-13,18H2,1-2H3. The van der Waals surface area contributed by atoms with Crippen LogP contribution in [0.1, 0.15) is 51.9 Å². The summed E-state index contributed by atoms with van der Waals surface area (Å²) in [5.41, 5.74) is 6.05. The van der Waals surface area contributed by atoms with Crippen LogP contribution < -0.4 is 5.73 Å². The fourth-order valence-electron chi connectivity index (χ4n) is 4.37. The highest BCUT2D eigenvalue weighted by Crippen LogP contribution is 2.35. The fraction of sp³-hybridized carbons (Fsp3) is 1.00. The third kappa shape index (κ3) is 4.19. The van der Waals surface area contributed by atoms with Gasteiger partial charge in [-0.15, -0.1) is 0 Å². The largest absolute Gasteiger partial charge is 0.384 e. The quantitative estimate of drug-likeness (QED) is 0.814. The third-order valence-corrected chi connectivity index (χ3v) is 5.58. The number of ether oxygens (including phenoxy) is 1. The minimum atomic E-state index is 0.738. The predicted molar refractivity (Wildman–Crippen MR) is 84.8 cm³/mol. The molecule has 2 rings (SSSR count). The van der Waals surface area contributed by atoms with Crippen molar-refractivity contribution in [2.45, 2.75) is 57.9 Å². The van der Waals surface area contributed by atoms with Crippen molar-refractivity contribution >= 4 is 0 Å². The van der Waals surface area contributed by atoms with Crippen LogP contribution in [0.15, 0.2) is 0 Å². The van der Waals surface area contributed by atoms with Gasteiger partial charge in [-0.2, -0.15) is 0 Å². The first-order chi connectivity index (χ1) is 9.78. The van der Waals surface area contributed by atoms with Gasteiger partial charge < -0.3 is 15.4 Å². The summed E-state index contributed by atoms with van der Waals surface area (Å²) >= 11 is 0. The number of piperidine rings is 1. The molecule has 3 nitrogen and oxygen atoms in total. The number of likely N-dealkylation sites (tertiary alicyclic amines) is 1. The van der Waals surface area contributed by atoms with Crippen molar-refractivity contribution in [2.75, 3.05) is 33.4 Å².